The first-order valence-corrected chi connectivity index (χ1v) is 8.77. The molecule has 2 aromatic carbocycles. The minimum absolute atomic E-state index is 0.0637. The number of rotatable bonds is 4. The lowest BCUT2D eigenvalue weighted by molar-refractivity contribution is -0.380. The van der Waals surface area contributed by atoms with Crippen LogP contribution >= 0.6 is 11.3 Å². The van der Waals surface area contributed by atoms with Gasteiger partial charge in [-0.25, -0.2) is 0 Å². The zero-order valence-electron chi connectivity index (χ0n) is 14.1. The van der Waals surface area contributed by atoms with Crippen LogP contribution in [-0.4, -0.2) is 16.7 Å². The molecule has 1 aliphatic rings. The normalized spacial score (nSPS) is 11.6. The maximum absolute atomic E-state index is 12.0. The highest BCUT2D eigenvalue weighted by atomic mass is 32.1. The van der Waals surface area contributed by atoms with Gasteiger partial charge in [-0.3, -0.25) is 19.7 Å². The molecule has 0 atom stereocenters. The highest BCUT2D eigenvalue weighted by molar-refractivity contribution is 7.18. The Morgan fingerprint density at radius 2 is 1.82 bits per heavy atom. The summed E-state index contributed by atoms with van der Waals surface area (Å²) in [5.74, 6) is -0.498. The summed E-state index contributed by atoms with van der Waals surface area (Å²) in [7, 11) is 0. The Labute approximate surface area is 161 Å². The summed E-state index contributed by atoms with van der Waals surface area (Å²) in [6.45, 7) is 0. The Morgan fingerprint density at radius 3 is 2.46 bits per heavy atom. The van der Waals surface area contributed by atoms with Crippen LogP contribution < -0.4 is 21.5 Å². The molecule has 2 heterocycles. The van der Waals surface area contributed by atoms with E-state index in [1.54, 1.807) is 18.2 Å². The zero-order valence-corrected chi connectivity index (χ0v) is 14.9. The fourth-order valence-electron chi connectivity index (χ4n) is 2.93. The van der Waals surface area contributed by atoms with Gasteiger partial charge in [0.1, 0.15) is 0 Å². The van der Waals surface area contributed by atoms with Crippen molar-refractivity contribution >= 4 is 39.5 Å². The van der Waals surface area contributed by atoms with Crippen LogP contribution in [0.15, 0.2) is 42.5 Å². The summed E-state index contributed by atoms with van der Waals surface area (Å²) in [5.41, 5.74) is 12.7. The second-order valence-electron chi connectivity index (χ2n) is 5.92. The average Bonchev–Trinajstić information content (AvgIpc) is 3.14. The zero-order chi connectivity index (χ0) is 20.0. The van der Waals surface area contributed by atoms with Crippen molar-refractivity contribution in [2.24, 2.45) is 11.5 Å². The van der Waals surface area contributed by atoms with Crippen molar-refractivity contribution in [2.75, 3.05) is 5.32 Å². The van der Waals surface area contributed by atoms with Crippen molar-refractivity contribution in [3.05, 3.63) is 63.7 Å². The number of carbonyl (C=O) groups is 2. The van der Waals surface area contributed by atoms with Gasteiger partial charge < -0.3 is 21.5 Å². The third-order valence-electron chi connectivity index (χ3n) is 4.20. The number of primary amides is 2. The first-order valence-electron chi connectivity index (χ1n) is 7.95. The van der Waals surface area contributed by atoms with Gasteiger partial charge in [0.05, 0.1) is 21.9 Å². The molecule has 9 nitrogen and oxygen atoms in total. The molecule has 0 unspecified atom stereocenters. The van der Waals surface area contributed by atoms with Gasteiger partial charge in [-0.1, -0.05) is 11.3 Å². The van der Waals surface area contributed by atoms with Crippen LogP contribution in [0.25, 0.3) is 10.4 Å². The molecule has 140 valence electrons. The molecule has 1 aromatic heterocycles. The van der Waals surface area contributed by atoms with E-state index in [0.717, 1.165) is 11.3 Å². The Hall–Kier alpha value is -3.92. The van der Waals surface area contributed by atoms with Crippen LogP contribution in [0, 0.1) is 10.1 Å². The monoisotopic (exact) mass is 396 g/mol. The number of fused-ring (bicyclic) bond motifs is 2. The summed E-state index contributed by atoms with van der Waals surface area (Å²) in [6.07, 6.45) is 0. The molecular formula is C18H12N4O5S. The first kappa shape index (κ1) is 17.5. The summed E-state index contributed by atoms with van der Waals surface area (Å²) in [6, 6.07) is 10.6. The number of benzene rings is 2. The standard InChI is InChI=1S/C18H12N4O5S/c19-17(23)8-1-3-10-12(7-8)27-11-4-2-9(18(20)24)15(16(11)21-10)13-5-6-14(28-13)22(25)26/h1-7,21H,(H2,19,23)(H2,20,24). The lowest BCUT2D eigenvalue weighted by Crippen LogP contribution is -2.15. The molecule has 0 fully saturated rings. The molecule has 2 amide bonds. The van der Waals surface area contributed by atoms with Crippen LogP contribution in [0.4, 0.5) is 16.4 Å². The first-order chi connectivity index (χ1) is 13.3. The predicted octanol–water partition coefficient (Wildman–Crippen LogP) is 3.37. The average molecular weight is 396 g/mol. The Bertz CT molecular complexity index is 1170. The van der Waals surface area contributed by atoms with E-state index < -0.39 is 16.7 Å². The Kier molecular flexibility index (Phi) is 3.97. The fourth-order valence-corrected chi connectivity index (χ4v) is 3.82. The quantitative estimate of drug-likeness (QED) is 0.355. The third-order valence-corrected chi connectivity index (χ3v) is 5.25. The van der Waals surface area contributed by atoms with E-state index >= 15 is 0 Å². The molecule has 0 spiro atoms. The molecule has 1 aliphatic heterocycles. The van der Waals surface area contributed by atoms with E-state index in [2.05, 4.69) is 5.32 Å². The number of thiophene rings is 1. The minimum Gasteiger partial charge on any atom is -0.453 e. The number of hydrogen-bond acceptors (Lipinski definition) is 7. The molecule has 0 saturated heterocycles. The number of hydrogen-bond donors (Lipinski definition) is 3. The topological polar surface area (TPSA) is 151 Å². The van der Waals surface area contributed by atoms with Crippen molar-refractivity contribution in [1.82, 2.24) is 0 Å². The SMILES string of the molecule is NC(=O)c1ccc2c(c1)Oc1ccc(C(N)=O)c(-c3ccc([N+](=O)[O-])s3)c1N2. The molecular weight excluding hydrogens is 384 g/mol. The Balaban J connectivity index is 1.88. The van der Waals surface area contributed by atoms with Gasteiger partial charge in [0, 0.05) is 22.1 Å². The van der Waals surface area contributed by atoms with E-state index in [4.69, 9.17) is 16.2 Å². The smallest absolute Gasteiger partial charge is 0.324 e. The van der Waals surface area contributed by atoms with E-state index in [1.807, 2.05) is 0 Å². The third kappa shape index (κ3) is 2.81. The van der Waals surface area contributed by atoms with Crippen LogP contribution in [-0.2, 0) is 0 Å². The summed E-state index contributed by atoms with van der Waals surface area (Å²) >= 11 is 0.923. The second-order valence-corrected chi connectivity index (χ2v) is 6.98. The van der Waals surface area contributed by atoms with Gasteiger partial charge in [-0.2, -0.15) is 0 Å². The van der Waals surface area contributed by atoms with Crippen LogP contribution in [0.3, 0.4) is 0 Å². The molecule has 0 radical (unpaired) electrons. The maximum Gasteiger partial charge on any atom is 0.324 e. The number of carbonyl (C=O) groups excluding carboxylic acids is 2. The van der Waals surface area contributed by atoms with E-state index in [0.29, 0.717) is 33.3 Å². The van der Waals surface area contributed by atoms with Crippen LogP contribution in [0.1, 0.15) is 20.7 Å². The van der Waals surface area contributed by atoms with Gasteiger partial charge in [0.25, 0.3) is 0 Å². The van der Waals surface area contributed by atoms with Crippen molar-refractivity contribution < 1.29 is 19.2 Å². The molecule has 0 saturated carbocycles. The lowest BCUT2D eigenvalue weighted by Gasteiger charge is -2.25. The molecule has 0 bridgehead atoms. The summed E-state index contributed by atoms with van der Waals surface area (Å²) < 4.78 is 5.87. The molecule has 3 aromatic rings. The molecule has 28 heavy (non-hydrogen) atoms. The highest BCUT2D eigenvalue weighted by Gasteiger charge is 2.26. The van der Waals surface area contributed by atoms with Crippen molar-refractivity contribution in [2.45, 2.75) is 0 Å². The summed E-state index contributed by atoms with van der Waals surface area (Å²) in [4.78, 5) is 34.4. The largest absolute Gasteiger partial charge is 0.453 e. The number of nitrogens with two attached hydrogens (primary N) is 2. The van der Waals surface area contributed by atoms with Crippen LogP contribution in [0.2, 0.25) is 0 Å². The molecule has 4 rings (SSSR count). The lowest BCUT2D eigenvalue weighted by atomic mass is 10.0. The molecule has 10 heteroatoms. The highest BCUT2D eigenvalue weighted by Crippen LogP contribution is 2.49. The van der Waals surface area contributed by atoms with E-state index in [1.165, 1.54) is 24.3 Å². The van der Waals surface area contributed by atoms with Crippen LogP contribution in [0.5, 0.6) is 11.5 Å². The fraction of sp³-hybridized carbons (Fsp3) is 0. The van der Waals surface area contributed by atoms with E-state index in [9.17, 15) is 19.7 Å². The van der Waals surface area contributed by atoms with E-state index in [-0.39, 0.29) is 16.1 Å². The molecule has 0 aliphatic carbocycles. The van der Waals surface area contributed by atoms with Gasteiger partial charge in [-0.15, -0.1) is 0 Å². The predicted molar refractivity (Wildman–Crippen MR) is 103 cm³/mol. The van der Waals surface area contributed by atoms with Gasteiger partial charge in [0.2, 0.25) is 11.8 Å². The minimum atomic E-state index is -0.675. The number of nitrogens with zero attached hydrogens (tertiary/aromatic N) is 1. The van der Waals surface area contributed by atoms with Crippen molar-refractivity contribution in [1.29, 1.82) is 0 Å². The molecule has 5 N–H and O–H groups in total. The Morgan fingerprint density at radius 1 is 1.04 bits per heavy atom. The number of amides is 2. The number of ether oxygens (including phenoxy) is 1. The van der Waals surface area contributed by atoms with Crippen molar-refractivity contribution in [3.63, 3.8) is 0 Å². The summed E-state index contributed by atoms with van der Waals surface area (Å²) in [5, 5.41) is 14.1. The van der Waals surface area contributed by atoms with Gasteiger partial charge >= 0.3 is 5.00 Å². The maximum atomic E-state index is 12.0. The number of nitrogens with one attached hydrogen (secondary N) is 1. The number of nitro groups is 1. The van der Waals surface area contributed by atoms with Gasteiger partial charge in [0.15, 0.2) is 11.5 Å². The van der Waals surface area contributed by atoms with Gasteiger partial charge in [-0.05, 0) is 36.4 Å². The number of anilines is 2. The second kappa shape index (κ2) is 6.35. The van der Waals surface area contributed by atoms with Crippen molar-refractivity contribution in [3.8, 4) is 21.9 Å².